The molecule has 2 aromatic heterocycles. The van der Waals surface area contributed by atoms with Gasteiger partial charge in [-0.05, 0) is 24.3 Å². The molecule has 7 nitrogen and oxygen atoms in total. The molecule has 0 aliphatic carbocycles. The number of benzene rings is 1. The Morgan fingerprint density at radius 1 is 1.26 bits per heavy atom. The topological polar surface area (TPSA) is 101 Å². The van der Waals surface area contributed by atoms with E-state index < -0.39 is 18.2 Å². The molecular formula is C13H7F3N4O3. The summed E-state index contributed by atoms with van der Waals surface area (Å²) in [7, 11) is 0. The summed E-state index contributed by atoms with van der Waals surface area (Å²) >= 11 is 0. The molecule has 0 bridgehead atoms. The van der Waals surface area contributed by atoms with E-state index in [0.717, 1.165) is 0 Å². The van der Waals surface area contributed by atoms with Crippen LogP contribution in [-0.2, 0) is 6.18 Å². The van der Waals surface area contributed by atoms with E-state index in [1.807, 2.05) is 0 Å². The number of carboxylic acid groups (broad SMARTS) is 1. The van der Waals surface area contributed by atoms with Crippen molar-refractivity contribution in [2.24, 2.45) is 0 Å². The van der Waals surface area contributed by atoms with Crippen LogP contribution >= 0.6 is 0 Å². The van der Waals surface area contributed by atoms with E-state index >= 15 is 0 Å². The van der Waals surface area contributed by atoms with E-state index in [-0.39, 0.29) is 22.6 Å². The molecule has 1 aromatic carbocycles. The van der Waals surface area contributed by atoms with Crippen molar-refractivity contribution in [2.45, 2.75) is 6.18 Å². The Hall–Kier alpha value is -3.17. The summed E-state index contributed by atoms with van der Waals surface area (Å²) in [5.41, 5.74) is 0.674. The summed E-state index contributed by atoms with van der Waals surface area (Å²) < 4.78 is 41.9. The molecule has 0 saturated carbocycles. The van der Waals surface area contributed by atoms with Crippen LogP contribution in [0.2, 0.25) is 0 Å². The fraction of sp³-hybridized carbons (Fsp3) is 0.0769. The van der Waals surface area contributed by atoms with Gasteiger partial charge < -0.3 is 9.63 Å². The molecule has 0 aliphatic heterocycles. The monoisotopic (exact) mass is 324 g/mol. The lowest BCUT2D eigenvalue weighted by molar-refractivity contribution is -0.159. The summed E-state index contributed by atoms with van der Waals surface area (Å²) in [5.74, 6) is -1.76. The fourth-order valence-corrected chi connectivity index (χ4v) is 2.03. The molecule has 10 heteroatoms. The first kappa shape index (κ1) is 14.8. The zero-order valence-electron chi connectivity index (χ0n) is 11.1. The Kier molecular flexibility index (Phi) is 3.36. The highest BCUT2D eigenvalue weighted by Crippen LogP contribution is 2.33. The normalized spacial score (nSPS) is 11.6. The molecule has 118 valence electrons. The van der Waals surface area contributed by atoms with Gasteiger partial charge in [0.1, 0.15) is 0 Å². The minimum absolute atomic E-state index is 0.191. The Morgan fingerprint density at radius 3 is 2.70 bits per heavy atom. The van der Waals surface area contributed by atoms with Crippen molar-refractivity contribution in [3.05, 3.63) is 36.4 Å². The molecule has 2 heterocycles. The van der Waals surface area contributed by atoms with Crippen LogP contribution in [0, 0.1) is 0 Å². The zero-order valence-corrected chi connectivity index (χ0v) is 11.1. The second-order valence-corrected chi connectivity index (χ2v) is 4.41. The summed E-state index contributed by atoms with van der Waals surface area (Å²) in [6, 6.07) is 5.89. The van der Waals surface area contributed by atoms with Crippen LogP contribution in [0.15, 0.2) is 35.0 Å². The first-order valence-electron chi connectivity index (χ1n) is 6.15. The first-order chi connectivity index (χ1) is 10.9. The van der Waals surface area contributed by atoms with Crippen molar-refractivity contribution >= 4 is 22.7 Å². The number of nitrogens with zero attached hydrogens (tertiary/aromatic N) is 3. The highest BCUT2D eigenvalue weighted by Gasteiger charge is 2.38. The third-order valence-corrected chi connectivity index (χ3v) is 2.92. The van der Waals surface area contributed by atoms with Crippen LogP contribution in [-0.4, -0.2) is 26.3 Å². The number of nitrogens with one attached hydrogen (secondary N) is 1. The van der Waals surface area contributed by atoms with Crippen molar-refractivity contribution in [3.8, 4) is 11.4 Å². The summed E-state index contributed by atoms with van der Waals surface area (Å²) in [4.78, 5) is 18.2. The average Bonchev–Trinajstić information content (AvgIpc) is 2.97. The number of fused-ring (bicyclic) bond motifs is 1. The molecule has 0 unspecified atom stereocenters. The van der Waals surface area contributed by atoms with Crippen LogP contribution in [0.4, 0.5) is 23.7 Å². The molecule has 2 N–H and O–H groups in total. The summed E-state index contributed by atoms with van der Waals surface area (Å²) in [6.07, 6.45) is -4.61. The lowest BCUT2D eigenvalue weighted by Crippen LogP contribution is -2.08. The lowest BCUT2D eigenvalue weighted by Gasteiger charge is -2.07. The number of anilines is 1. The zero-order chi connectivity index (χ0) is 16.6. The number of hydrogen-bond acceptors (Lipinski definition) is 5. The molecule has 0 saturated heterocycles. The molecule has 0 spiro atoms. The van der Waals surface area contributed by atoms with E-state index in [4.69, 9.17) is 5.11 Å². The first-order valence-corrected chi connectivity index (χ1v) is 6.15. The molecule has 3 aromatic rings. The van der Waals surface area contributed by atoms with Crippen molar-refractivity contribution in [1.29, 1.82) is 0 Å². The number of halogens is 3. The number of pyridine rings is 1. The van der Waals surface area contributed by atoms with Crippen molar-refractivity contribution < 1.29 is 27.6 Å². The Bertz CT molecular complexity index is 892. The van der Waals surface area contributed by atoms with Gasteiger partial charge in [-0.25, -0.2) is 4.79 Å². The predicted molar refractivity (Wildman–Crippen MR) is 71.7 cm³/mol. The standard InChI is InChI=1S/C13H7F3N4O3/c14-13(15,16)11-19-10(20-23-11)7-3-4-8(18-12(21)22)6-2-1-5-17-9(6)7/h1-5,18H,(H,21,22). The van der Waals surface area contributed by atoms with Crippen molar-refractivity contribution in [1.82, 2.24) is 15.1 Å². The van der Waals surface area contributed by atoms with Crippen LogP contribution in [0.5, 0.6) is 0 Å². The van der Waals surface area contributed by atoms with Gasteiger partial charge in [-0.3, -0.25) is 10.3 Å². The minimum atomic E-state index is -4.75. The van der Waals surface area contributed by atoms with E-state index in [0.29, 0.717) is 5.39 Å². The third kappa shape index (κ3) is 2.78. The van der Waals surface area contributed by atoms with Gasteiger partial charge in [-0.1, -0.05) is 5.16 Å². The summed E-state index contributed by atoms with van der Waals surface area (Å²) in [5, 5.41) is 14.7. The SMILES string of the molecule is O=C(O)Nc1ccc(-c2noc(C(F)(F)F)n2)c2ncccc12. The molecule has 0 aliphatic rings. The van der Waals surface area contributed by atoms with Gasteiger partial charge >= 0.3 is 18.2 Å². The quantitative estimate of drug-likeness (QED) is 0.749. The Labute approximate surface area is 125 Å². The fourth-order valence-electron chi connectivity index (χ4n) is 2.03. The van der Waals surface area contributed by atoms with Gasteiger partial charge in [0.2, 0.25) is 5.82 Å². The second-order valence-electron chi connectivity index (χ2n) is 4.41. The molecule has 0 radical (unpaired) electrons. The predicted octanol–water partition coefficient (Wildman–Crippen LogP) is 3.39. The van der Waals surface area contributed by atoms with Crippen LogP contribution in [0.25, 0.3) is 22.3 Å². The van der Waals surface area contributed by atoms with Crippen LogP contribution in [0.3, 0.4) is 0 Å². The van der Waals surface area contributed by atoms with Gasteiger partial charge in [0.05, 0.1) is 11.2 Å². The summed E-state index contributed by atoms with van der Waals surface area (Å²) in [6.45, 7) is 0. The Balaban J connectivity index is 2.16. The second kappa shape index (κ2) is 5.23. The third-order valence-electron chi connectivity index (χ3n) is 2.92. The maximum Gasteiger partial charge on any atom is 0.471 e. The number of amides is 1. The number of hydrogen-bond donors (Lipinski definition) is 2. The van der Waals surface area contributed by atoms with Crippen molar-refractivity contribution in [2.75, 3.05) is 5.32 Å². The van der Waals surface area contributed by atoms with Gasteiger partial charge in [0.15, 0.2) is 0 Å². The molecule has 1 amide bonds. The maximum atomic E-state index is 12.6. The van der Waals surface area contributed by atoms with Gasteiger partial charge in [0.25, 0.3) is 0 Å². The van der Waals surface area contributed by atoms with E-state index in [2.05, 4.69) is 25.0 Å². The van der Waals surface area contributed by atoms with Crippen LogP contribution < -0.4 is 5.32 Å². The van der Waals surface area contributed by atoms with E-state index in [1.165, 1.54) is 18.3 Å². The molecular weight excluding hydrogens is 317 g/mol. The number of alkyl halides is 3. The smallest absolute Gasteiger partial charge is 0.465 e. The van der Waals surface area contributed by atoms with E-state index in [1.54, 1.807) is 12.1 Å². The average molecular weight is 324 g/mol. The molecule has 0 fully saturated rings. The molecule has 3 rings (SSSR count). The minimum Gasteiger partial charge on any atom is -0.465 e. The number of carbonyl (C=O) groups is 1. The highest BCUT2D eigenvalue weighted by molar-refractivity contribution is 6.03. The molecule has 23 heavy (non-hydrogen) atoms. The van der Waals surface area contributed by atoms with Crippen molar-refractivity contribution in [3.63, 3.8) is 0 Å². The lowest BCUT2D eigenvalue weighted by atomic mass is 10.1. The van der Waals surface area contributed by atoms with Gasteiger partial charge in [0, 0.05) is 17.1 Å². The largest absolute Gasteiger partial charge is 0.471 e. The Morgan fingerprint density at radius 2 is 2.04 bits per heavy atom. The maximum absolute atomic E-state index is 12.6. The van der Waals surface area contributed by atoms with Gasteiger partial charge in [-0.2, -0.15) is 18.2 Å². The van der Waals surface area contributed by atoms with E-state index in [9.17, 15) is 18.0 Å². The number of rotatable bonds is 2. The van der Waals surface area contributed by atoms with Gasteiger partial charge in [-0.15, -0.1) is 0 Å². The molecule has 0 atom stereocenters. The highest BCUT2D eigenvalue weighted by atomic mass is 19.4. The van der Waals surface area contributed by atoms with Crippen LogP contribution in [0.1, 0.15) is 5.89 Å². The number of aromatic nitrogens is 3.